The molecule has 0 unspecified atom stereocenters. The van der Waals surface area contributed by atoms with Gasteiger partial charge in [0.2, 0.25) is 0 Å². The van der Waals surface area contributed by atoms with Crippen molar-refractivity contribution in [1.82, 2.24) is 4.98 Å². The molecule has 0 saturated heterocycles. The Kier molecular flexibility index (Phi) is 4.04. The predicted octanol–water partition coefficient (Wildman–Crippen LogP) is 5.80. The van der Waals surface area contributed by atoms with Crippen LogP contribution in [0.4, 0.5) is 0 Å². The summed E-state index contributed by atoms with van der Waals surface area (Å²) in [7, 11) is 0. The Hall–Kier alpha value is -0.210. The number of hydrogen-bond acceptors (Lipinski definition) is 1. The van der Waals surface area contributed by atoms with Gasteiger partial charge in [-0.1, -0.05) is 59.7 Å². The molecular formula is C12H9Cl4N. The number of aromatic nitrogens is 1. The van der Waals surface area contributed by atoms with Gasteiger partial charge in [0.25, 0.3) is 0 Å². The smallest absolute Gasteiger partial charge is 0.0922 e. The van der Waals surface area contributed by atoms with Crippen molar-refractivity contribution in [1.29, 1.82) is 0 Å². The molecule has 0 N–H and O–H groups in total. The Labute approximate surface area is 120 Å². The Morgan fingerprint density at radius 1 is 1.00 bits per heavy atom. The molecule has 0 bridgehead atoms. The second-order valence-corrected chi connectivity index (χ2v) is 5.32. The van der Waals surface area contributed by atoms with E-state index < -0.39 is 0 Å². The number of nitrogens with zero attached hydrogens (tertiary/aromatic N) is 1. The quantitative estimate of drug-likeness (QED) is 0.639. The third-order valence-electron chi connectivity index (χ3n) is 2.44. The Balaban J connectivity index is 2.81. The number of aryl methyl sites for hydroxylation is 1. The van der Waals surface area contributed by atoms with E-state index in [0.717, 1.165) is 18.5 Å². The molecule has 0 aliphatic heterocycles. The number of fused-ring (bicyclic) bond motifs is 1. The van der Waals surface area contributed by atoms with Gasteiger partial charge < -0.3 is 0 Å². The molecule has 0 saturated carbocycles. The van der Waals surface area contributed by atoms with Crippen LogP contribution in [0.15, 0.2) is 12.1 Å². The molecule has 0 aliphatic carbocycles. The summed E-state index contributed by atoms with van der Waals surface area (Å²) in [6, 6.07) is 3.40. The minimum Gasteiger partial charge on any atom is -0.251 e. The third-order valence-corrected chi connectivity index (χ3v) is 3.81. The summed E-state index contributed by atoms with van der Waals surface area (Å²) in [6.07, 6.45) is 1.85. The number of pyridine rings is 1. The molecule has 0 fully saturated rings. The normalized spacial score (nSPS) is 11.1. The maximum absolute atomic E-state index is 6.21. The van der Waals surface area contributed by atoms with Crippen LogP contribution in [-0.2, 0) is 6.42 Å². The standard InChI is InChI=1S/C12H9Cl4N/c1-2-3-6-4-7(13)10-11(16)8(14)5-9(15)12(10)17-6/h4-5H,2-3H2,1H3. The lowest BCUT2D eigenvalue weighted by Gasteiger charge is -2.09. The van der Waals surface area contributed by atoms with Gasteiger partial charge in [0, 0.05) is 11.1 Å². The first-order chi connectivity index (χ1) is 8.04. The van der Waals surface area contributed by atoms with Crippen molar-refractivity contribution in [3.8, 4) is 0 Å². The zero-order valence-electron chi connectivity index (χ0n) is 9.03. The van der Waals surface area contributed by atoms with E-state index in [-0.39, 0.29) is 0 Å². The van der Waals surface area contributed by atoms with Gasteiger partial charge in [-0.3, -0.25) is 4.98 Å². The van der Waals surface area contributed by atoms with Crippen molar-refractivity contribution in [3.63, 3.8) is 0 Å². The number of hydrogen-bond donors (Lipinski definition) is 0. The molecule has 0 amide bonds. The summed E-state index contributed by atoms with van der Waals surface area (Å²) in [6.45, 7) is 2.08. The van der Waals surface area contributed by atoms with Gasteiger partial charge in [-0.05, 0) is 18.6 Å². The molecule has 17 heavy (non-hydrogen) atoms. The van der Waals surface area contributed by atoms with Gasteiger partial charge in [0.15, 0.2) is 0 Å². The average molecular weight is 309 g/mol. The number of benzene rings is 1. The molecule has 1 nitrogen and oxygen atoms in total. The molecule has 1 aromatic heterocycles. The lowest BCUT2D eigenvalue weighted by molar-refractivity contribution is 0.890. The van der Waals surface area contributed by atoms with Gasteiger partial charge >= 0.3 is 0 Å². The predicted molar refractivity (Wildman–Crippen MR) is 75.8 cm³/mol. The van der Waals surface area contributed by atoms with Crippen LogP contribution >= 0.6 is 46.4 Å². The fourth-order valence-corrected chi connectivity index (χ4v) is 2.80. The highest BCUT2D eigenvalue weighted by atomic mass is 35.5. The van der Waals surface area contributed by atoms with Gasteiger partial charge in [0.05, 0.1) is 25.6 Å². The molecule has 2 aromatic rings. The molecular weight excluding hydrogens is 300 g/mol. The van der Waals surface area contributed by atoms with Crippen LogP contribution in [0.1, 0.15) is 19.0 Å². The van der Waals surface area contributed by atoms with Crippen LogP contribution in [0.25, 0.3) is 10.9 Å². The molecule has 0 aliphatic rings. The van der Waals surface area contributed by atoms with Crippen LogP contribution in [-0.4, -0.2) is 4.98 Å². The van der Waals surface area contributed by atoms with E-state index in [9.17, 15) is 0 Å². The van der Waals surface area contributed by atoms with Crippen LogP contribution in [0.2, 0.25) is 20.1 Å². The summed E-state index contributed by atoms with van der Waals surface area (Å²) in [5, 5.41) is 2.40. The minimum absolute atomic E-state index is 0.385. The van der Waals surface area contributed by atoms with Crippen LogP contribution < -0.4 is 0 Å². The van der Waals surface area contributed by atoms with E-state index in [4.69, 9.17) is 46.4 Å². The van der Waals surface area contributed by atoms with Crippen LogP contribution in [0.5, 0.6) is 0 Å². The van der Waals surface area contributed by atoms with Crippen molar-refractivity contribution in [3.05, 3.63) is 37.9 Å². The van der Waals surface area contributed by atoms with E-state index in [0.29, 0.717) is 31.0 Å². The first-order valence-corrected chi connectivity index (χ1v) is 6.68. The lowest BCUT2D eigenvalue weighted by Crippen LogP contribution is -1.92. The fraction of sp³-hybridized carbons (Fsp3) is 0.250. The molecule has 5 heteroatoms. The Bertz CT molecular complexity index is 580. The summed E-state index contributed by atoms with van der Waals surface area (Å²) in [5.41, 5.74) is 1.52. The van der Waals surface area contributed by atoms with E-state index in [2.05, 4.69) is 11.9 Å². The maximum Gasteiger partial charge on any atom is 0.0922 e. The molecule has 0 atom stereocenters. The van der Waals surface area contributed by atoms with Gasteiger partial charge in [-0.2, -0.15) is 0 Å². The zero-order valence-corrected chi connectivity index (χ0v) is 12.1. The van der Waals surface area contributed by atoms with E-state index in [1.807, 2.05) is 6.07 Å². The topological polar surface area (TPSA) is 12.9 Å². The fourth-order valence-electron chi connectivity index (χ4n) is 1.69. The van der Waals surface area contributed by atoms with Crippen molar-refractivity contribution in [2.24, 2.45) is 0 Å². The van der Waals surface area contributed by atoms with Crippen molar-refractivity contribution in [2.75, 3.05) is 0 Å². The Morgan fingerprint density at radius 2 is 1.71 bits per heavy atom. The first kappa shape index (κ1) is 13.2. The second kappa shape index (κ2) is 5.19. The first-order valence-electron chi connectivity index (χ1n) is 5.17. The zero-order chi connectivity index (χ0) is 12.6. The van der Waals surface area contributed by atoms with Crippen molar-refractivity contribution in [2.45, 2.75) is 19.8 Å². The van der Waals surface area contributed by atoms with E-state index in [1.54, 1.807) is 6.07 Å². The highest BCUT2D eigenvalue weighted by Gasteiger charge is 2.14. The van der Waals surface area contributed by atoms with Crippen LogP contribution in [0, 0.1) is 0 Å². The highest BCUT2D eigenvalue weighted by molar-refractivity contribution is 6.50. The molecule has 1 aromatic carbocycles. The number of rotatable bonds is 2. The summed E-state index contributed by atoms with van der Waals surface area (Å²) in [5.74, 6) is 0. The van der Waals surface area contributed by atoms with E-state index >= 15 is 0 Å². The molecule has 0 spiro atoms. The minimum atomic E-state index is 0.385. The SMILES string of the molecule is CCCc1cc(Cl)c2c(Cl)c(Cl)cc(Cl)c2n1. The second-order valence-electron chi connectivity index (χ2n) is 3.72. The molecule has 1 heterocycles. The number of halogens is 4. The maximum atomic E-state index is 6.21. The monoisotopic (exact) mass is 307 g/mol. The van der Waals surface area contributed by atoms with E-state index in [1.165, 1.54) is 0 Å². The Morgan fingerprint density at radius 3 is 2.35 bits per heavy atom. The summed E-state index contributed by atoms with van der Waals surface area (Å²) >= 11 is 24.4. The lowest BCUT2D eigenvalue weighted by atomic mass is 10.1. The average Bonchev–Trinajstić information content (AvgIpc) is 2.26. The van der Waals surface area contributed by atoms with Crippen molar-refractivity contribution < 1.29 is 0 Å². The van der Waals surface area contributed by atoms with Crippen LogP contribution in [0.3, 0.4) is 0 Å². The third kappa shape index (κ3) is 2.48. The van der Waals surface area contributed by atoms with Crippen molar-refractivity contribution >= 4 is 57.3 Å². The van der Waals surface area contributed by atoms with Gasteiger partial charge in [0.1, 0.15) is 0 Å². The van der Waals surface area contributed by atoms with Gasteiger partial charge in [-0.25, -0.2) is 0 Å². The highest BCUT2D eigenvalue weighted by Crippen LogP contribution is 2.39. The largest absolute Gasteiger partial charge is 0.251 e. The summed E-state index contributed by atoms with van der Waals surface area (Å²) < 4.78 is 0. The molecule has 2 rings (SSSR count). The molecule has 90 valence electrons. The van der Waals surface area contributed by atoms with Gasteiger partial charge in [-0.15, -0.1) is 0 Å². The summed E-state index contributed by atoms with van der Waals surface area (Å²) in [4.78, 5) is 4.47. The molecule has 0 radical (unpaired) electrons.